The fourth-order valence-electron chi connectivity index (χ4n) is 2.41. The predicted molar refractivity (Wildman–Crippen MR) is 80.9 cm³/mol. The fraction of sp³-hybridized carbons (Fsp3) is 0.438. The van der Waals surface area contributed by atoms with E-state index in [0.29, 0.717) is 0 Å². The molecule has 2 aromatic rings. The lowest BCUT2D eigenvalue weighted by Gasteiger charge is -2.04. The summed E-state index contributed by atoms with van der Waals surface area (Å²) in [4.78, 5) is 0. The summed E-state index contributed by atoms with van der Waals surface area (Å²) in [5.41, 5.74) is 9.57. The minimum atomic E-state index is 0.761. The standard InChI is InChI=1S/C16H23N3/c1-3-4-5-9-12-14-15(16(17)19(2)18-14)13-10-7-6-8-11-13/h6-8,10-11H,3-5,9,12,17H2,1-2H3. The zero-order valence-electron chi connectivity index (χ0n) is 11.9. The summed E-state index contributed by atoms with van der Waals surface area (Å²) in [6, 6.07) is 10.3. The van der Waals surface area contributed by atoms with E-state index in [1.54, 1.807) is 4.68 Å². The Hall–Kier alpha value is -1.77. The summed E-state index contributed by atoms with van der Waals surface area (Å²) in [6.07, 6.45) is 6.01. The topological polar surface area (TPSA) is 43.8 Å². The number of aryl methyl sites for hydroxylation is 2. The zero-order chi connectivity index (χ0) is 13.7. The van der Waals surface area contributed by atoms with Crippen LogP contribution < -0.4 is 5.73 Å². The van der Waals surface area contributed by atoms with Gasteiger partial charge in [-0.15, -0.1) is 0 Å². The Morgan fingerprint density at radius 1 is 1.11 bits per heavy atom. The zero-order valence-corrected chi connectivity index (χ0v) is 11.9. The molecule has 0 amide bonds. The molecule has 3 heteroatoms. The third kappa shape index (κ3) is 3.16. The van der Waals surface area contributed by atoms with Crippen molar-refractivity contribution in [3.8, 4) is 11.1 Å². The number of nitrogens with zero attached hydrogens (tertiary/aromatic N) is 2. The van der Waals surface area contributed by atoms with Gasteiger partial charge in [0, 0.05) is 12.6 Å². The molecule has 0 saturated carbocycles. The maximum atomic E-state index is 6.17. The number of unbranched alkanes of at least 4 members (excludes halogenated alkanes) is 3. The molecule has 1 aromatic carbocycles. The van der Waals surface area contributed by atoms with Crippen molar-refractivity contribution in [1.29, 1.82) is 0 Å². The molecule has 2 N–H and O–H groups in total. The van der Waals surface area contributed by atoms with Crippen LogP contribution in [0.15, 0.2) is 30.3 Å². The second-order valence-corrected chi connectivity index (χ2v) is 5.01. The van der Waals surface area contributed by atoms with Gasteiger partial charge in [-0.1, -0.05) is 56.5 Å². The largest absolute Gasteiger partial charge is 0.383 e. The molecule has 2 rings (SSSR count). The SMILES string of the molecule is CCCCCCc1nn(C)c(N)c1-c1ccccc1. The average Bonchev–Trinajstić information content (AvgIpc) is 2.71. The summed E-state index contributed by atoms with van der Waals surface area (Å²) in [7, 11) is 1.91. The Bertz CT molecular complexity index is 514. The molecule has 0 radical (unpaired) electrons. The van der Waals surface area contributed by atoms with E-state index in [0.717, 1.165) is 23.5 Å². The monoisotopic (exact) mass is 257 g/mol. The number of hydrogen-bond acceptors (Lipinski definition) is 2. The van der Waals surface area contributed by atoms with Crippen LogP contribution in [-0.4, -0.2) is 9.78 Å². The molecule has 0 saturated heterocycles. The first-order valence-corrected chi connectivity index (χ1v) is 7.10. The Morgan fingerprint density at radius 2 is 1.84 bits per heavy atom. The average molecular weight is 257 g/mol. The lowest BCUT2D eigenvalue weighted by atomic mass is 10.0. The highest BCUT2D eigenvalue weighted by molar-refractivity contribution is 5.76. The van der Waals surface area contributed by atoms with E-state index in [9.17, 15) is 0 Å². The third-order valence-electron chi connectivity index (χ3n) is 3.49. The van der Waals surface area contributed by atoms with Crippen LogP contribution in [0.3, 0.4) is 0 Å². The molecule has 19 heavy (non-hydrogen) atoms. The van der Waals surface area contributed by atoms with Crippen LogP contribution in [-0.2, 0) is 13.5 Å². The number of hydrogen-bond donors (Lipinski definition) is 1. The van der Waals surface area contributed by atoms with E-state index in [4.69, 9.17) is 5.73 Å². The molecule has 0 atom stereocenters. The molecular formula is C16H23N3. The van der Waals surface area contributed by atoms with E-state index >= 15 is 0 Å². The van der Waals surface area contributed by atoms with Crippen molar-refractivity contribution in [2.75, 3.05) is 5.73 Å². The number of rotatable bonds is 6. The molecule has 1 aromatic heterocycles. The number of anilines is 1. The summed E-state index contributed by atoms with van der Waals surface area (Å²) in [5.74, 6) is 0.761. The Kier molecular flexibility index (Phi) is 4.61. The van der Waals surface area contributed by atoms with E-state index in [1.165, 1.54) is 31.2 Å². The highest BCUT2D eigenvalue weighted by Crippen LogP contribution is 2.30. The maximum absolute atomic E-state index is 6.17. The highest BCUT2D eigenvalue weighted by atomic mass is 15.3. The van der Waals surface area contributed by atoms with Gasteiger partial charge in [0.25, 0.3) is 0 Å². The lowest BCUT2D eigenvalue weighted by molar-refractivity contribution is 0.651. The highest BCUT2D eigenvalue weighted by Gasteiger charge is 2.14. The number of aromatic nitrogens is 2. The number of nitrogen functional groups attached to an aromatic ring is 1. The fourth-order valence-corrected chi connectivity index (χ4v) is 2.41. The van der Waals surface area contributed by atoms with Crippen LogP contribution in [0.25, 0.3) is 11.1 Å². The van der Waals surface area contributed by atoms with E-state index < -0.39 is 0 Å². The van der Waals surface area contributed by atoms with Crippen molar-refractivity contribution in [1.82, 2.24) is 9.78 Å². The van der Waals surface area contributed by atoms with Gasteiger partial charge >= 0.3 is 0 Å². The van der Waals surface area contributed by atoms with Gasteiger partial charge < -0.3 is 5.73 Å². The summed E-state index contributed by atoms with van der Waals surface area (Å²) in [5, 5.41) is 4.58. The number of benzene rings is 1. The minimum Gasteiger partial charge on any atom is -0.383 e. The Labute approximate surface area is 115 Å². The second-order valence-electron chi connectivity index (χ2n) is 5.01. The summed E-state index contributed by atoms with van der Waals surface area (Å²) >= 11 is 0. The van der Waals surface area contributed by atoms with Gasteiger partial charge in [-0.3, -0.25) is 4.68 Å². The molecule has 0 spiro atoms. The van der Waals surface area contributed by atoms with Crippen molar-refractivity contribution in [2.24, 2.45) is 7.05 Å². The van der Waals surface area contributed by atoms with Crippen LogP contribution in [0.4, 0.5) is 5.82 Å². The molecule has 0 bridgehead atoms. The van der Waals surface area contributed by atoms with Gasteiger partial charge in [0.15, 0.2) is 0 Å². The minimum absolute atomic E-state index is 0.761. The molecular weight excluding hydrogens is 234 g/mol. The van der Waals surface area contributed by atoms with Gasteiger partial charge in [-0.25, -0.2) is 0 Å². The first-order chi connectivity index (χ1) is 9.24. The third-order valence-corrected chi connectivity index (χ3v) is 3.49. The van der Waals surface area contributed by atoms with Crippen molar-refractivity contribution in [3.05, 3.63) is 36.0 Å². The second kappa shape index (κ2) is 6.41. The van der Waals surface area contributed by atoms with Crippen molar-refractivity contribution >= 4 is 5.82 Å². The van der Waals surface area contributed by atoms with Crippen molar-refractivity contribution in [2.45, 2.75) is 39.0 Å². The first-order valence-electron chi connectivity index (χ1n) is 7.10. The van der Waals surface area contributed by atoms with E-state index in [2.05, 4.69) is 24.2 Å². The Morgan fingerprint density at radius 3 is 2.53 bits per heavy atom. The molecule has 0 aliphatic heterocycles. The molecule has 0 fully saturated rings. The van der Waals surface area contributed by atoms with Gasteiger partial charge in [-0.2, -0.15) is 5.10 Å². The van der Waals surface area contributed by atoms with Crippen LogP contribution in [0.1, 0.15) is 38.3 Å². The van der Waals surface area contributed by atoms with E-state index in [1.807, 2.05) is 25.2 Å². The molecule has 0 aliphatic carbocycles. The molecule has 102 valence electrons. The maximum Gasteiger partial charge on any atom is 0.129 e. The predicted octanol–water partition coefficient (Wildman–Crippen LogP) is 3.79. The quantitative estimate of drug-likeness (QED) is 0.800. The molecule has 3 nitrogen and oxygen atoms in total. The lowest BCUT2D eigenvalue weighted by Crippen LogP contribution is -1.97. The van der Waals surface area contributed by atoms with Gasteiger partial charge in [0.1, 0.15) is 5.82 Å². The molecule has 0 aliphatic rings. The number of nitrogens with two attached hydrogens (primary N) is 1. The summed E-state index contributed by atoms with van der Waals surface area (Å²) < 4.78 is 1.79. The van der Waals surface area contributed by atoms with Gasteiger partial charge in [-0.05, 0) is 18.4 Å². The first kappa shape index (κ1) is 13.7. The smallest absolute Gasteiger partial charge is 0.129 e. The van der Waals surface area contributed by atoms with Crippen LogP contribution >= 0.6 is 0 Å². The van der Waals surface area contributed by atoms with Crippen LogP contribution in [0, 0.1) is 0 Å². The normalized spacial score (nSPS) is 10.8. The molecule has 0 unspecified atom stereocenters. The summed E-state index contributed by atoms with van der Waals surface area (Å²) in [6.45, 7) is 2.23. The van der Waals surface area contributed by atoms with E-state index in [-0.39, 0.29) is 0 Å². The molecule has 1 heterocycles. The van der Waals surface area contributed by atoms with Crippen LogP contribution in [0.5, 0.6) is 0 Å². The van der Waals surface area contributed by atoms with Gasteiger partial charge in [0.2, 0.25) is 0 Å². The van der Waals surface area contributed by atoms with Crippen molar-refractivity contribution in [3.63, 3.8) is 0 Å². The van der Waals surface area contributed by atoms with Crippen LogP contribution in [0.2, 0.25) is 0 Å². The Balaban J connectivity index is 2.22. The van der Waals surface area contributed by atoms with Gasteiger partial charge in [0.05, 0.1) is 5.69 Å². The van der Waals surface area contributed by atoms with Crippen molar-refractivity contribution < 1.29 is 0 Å².